The van der Waals surface area contributed by atoms with Gasteiger partial charge in [-0.05, 0) is 31.0 Å². The molecule has 1 aliphatic heterocycles. The van der Waals surface area contributed by atoms with Crippen molar-refractivity contribution in [3.05, 3.63) is 53.5 Å². The van der Waals surface area contributed by atoms with E-state index in [9.17, 15) is 9.59 Å². The van der Waals surface area contributed by atoms with Crippen LogP contribution >= 0.6 is 0 Å². The van der Waals surface area contributed by atoms with E-state index < -0.39 is 5.97 Å². The third-order valence-corrected chi connectivity index (χ3v) is 3.59. The molecule has 2 heterocycles. The highest BCUT2D eigenvalue weighted by atomic mass is 16.5. The van der Waals surface area contributed by atoms with Gasteiger partial charge >= 0.3 is 5.97 Å². The van der Waals surface area contributed by atoms with Gasteiger partial charge in [-0.25, -0.2) is 4.79 Å². The number of carbonyl (C=O) groups is 2. The fourth-order valence-electron chi connectivity index (χ4n) is 2.48. The molecular weight excluding hydrogens is 270 g/mol. The highest BCUT2D eigenvalue weighted by Gasteiger charge is 2.25. The van der Waals surface area contributed by atoms with Crippen molar-refractivity contribution < 1.29 is 18.7 Å². The summed E-state index contributed by atoms with van der Waals surface area (Å²) in [6.07, 6.45) is 2.25. The SMILES string of the molecule is Cc1occc1C(=O)OCC(=O)N1CCc2ccccc21. The van der Waals surface area contributed by atoms with Gasteiger partial charge in [-0.1, -0.05) is 18.2 Å². The van der Waals surface area contributed by atoms with E-state index in [0.717, 1.165) is 17.7 Å². The Kier molecular flexibility index (Phi) is 3.48. The molecular formula is C16H15NO4. The molecule has 5 nitrogen and oxygen atoms in total. The molecule has 2 aromatic rings. The first-order valence-corrected chi connectivity index (χ1v) is 6.76. The maximum Gasteiger partial charge on any atom is 0.342 e. The van der Waals surface area contributed by atoms with Crippen LogP contribution in [0.1, 0.15) is 21.7 Å². The molecule has 0 aliphatic carbocycles. The number of nitrogens with zero attached hydrogens (tertiary/aromatic N) is 1. The average Bonchev–Trinajstić information content (AvgIpc) is 3.10. The Labute approximate surface area is 122 Å². The minimum Gasteiger partial charge on any atom is -0.469 e. The maximum atomic E-state index is 12.2. The number of furan rings is 1. The number of para-hydroxylation sites is 1. The van der Waals surface area contributed by atoms with Crippen LogP contribution in [0.15, 0.2) is 41.0 Å². The smallest absolute Gasteiger partial charge is 0.342 e. The molecule has 1 aliphatic rings. The van der Waals surface area contributed by atoms with Crippen molar-refractivity contribution >= 4 is 17.6 Å². The topological polar surface area (TPSA) is 59.8 Å². The van der Waals surface area contributed by atoms with E-state index in [2.05, 4.69) is 0 Å². The summed E-state index contributed by atoms with van der Waals surface area (Å²) < 4.78 is 10.1. The van der Waals surface area contributed by atoms with E-state index in [-0.39, 0.29) is 12.5 Å². The van der Waals surface area contributed by atoms with E-state index in [0.29, 0.717) is 17.9 Å². The van der Waals surface area contributed by atoms with Gasteiger partial charge in [0.15, 0.2) is 6.61 Å². The number of hydrogen-bond acceptors (Lipinski definition) is 4. The molecule has 0 bridgehead atoms. The second kappa shape index (κ2) is 5.44. The molecule has 5 heteroatoms. The predicted octanol–water partition coefficient (Wildman–Crippen LogP) is 2.33. The zero-order valence-electron chi connectivity index (χ0n) is 11.7. The molecule has 0 unspecified atom stereocenters. The summed E-state index contributed by atoms with van der Waals surface area (Å²) in [4.78, 5) is 25.7. The van der Waals surface area contributed by atoms with Crippen LogP contribution in [0.5, 0.6) is 0 Å². The van der Waals surface area contributed by atoms with Crippen molar-refractivity contribution in [2.45, 2.75) is 13.3 Å². The highest BCUT2D eigenvalue weighted by Crippen LogP contribution is 2.27. The summed E-state index contributed by atoms with van der Waals surface area (Å²) >= 11 is 0. The van der Waals surface area contributed by atoms with Crippen LogP contribution in [0.25, 0.3) is 0 Å². The Morgan fingerprint density at radius 2 is 2.10 bits per heavy atom. The van der Waals surface area contributed by atoms with Gasteiger partial charge in [0.05, 0.1) is 6.26 Å². The van der Waals surface area contributed by atoms with Gasteiger partial charge in [-0.3, -0.25) is 4.79 Å². The number of esters is 1. The number of rotatable bonds is 3. The number of benzene rings is 1. The van der Waals surface area contributed by atoms with Crippen molar-refractivity contribution in [3.8, 4) is 0 Å². The van der Waals surface area contributed by atoms with Gasteiger partial charge in [0.25, 0.3) is 5.91 Å². The molecule has 0 saturated heterocycles. The van der Waals surface area contributed by atoms with Gasteiger partial charge in [0.1, 0.15) is 11.3 Å². The van der Waals surface area contributed by atoms with Crippen molar-refractivity contribution in [3.63, 3.8) is 0 Å². The maximum absolute atomic E-state index is 12.2. The molecule has 21 heavy (non-hydrogen) atoms. The number of fused-ring (bicyclic) bond motifs is 1. The molecule has 108 valence electrons. The summed E-state index contributed by atoms with van der Waals surface area (Å²) in [7, 11) is 0. The van der Waals surface area contributed by atoms with E-state index in [1.54, 1.807) is 11.8 Å². The molecule has 0 spiro atoms. The van der Waals surface area contributed by atoms with Crippen LogP contribution in [-0.2, 0) is 16.0 Å². The van der Waals surface area contributed by atoms with Crippen LogP contribution in [-0.4, -0.2) is 25.0 Å². The van der Waals surface area contributed by atoms with Gasteiger partial charge in [-0.2, -0.15) is 0 Å². The number of hydrogen-bond donors (Lipinski definition) is 0. The van der Waals surface area contributed by atoms with Crippen LogP contribution in [0.4, 0.5) is 5.69 Å². The van der Waals surface area contributed by atoms with Gasteiger partial charge < -0.3 is 14.1 Å². The molecule has 0 radical (unpaired) electrons. The normalized spacial score (nSPS) is 13.1. The van der Waals surface area contributed by atoms with Crippen LogP contribution in [0, 0.1) is 6.92 Å². The first kappa shape index (κ1) is 13.4. The van der Waals surface area contributed by atoms with Gasteiger partial charge in [-0.15, -0.1) is 0 Å². The van der Waals surface area contributed by atoms with E-state index in [1.807, 2.05) is 24.3 Å². The van der Waals surface area contributed by atoms with Crippen molar-refractivity contribution in [2.24, 2.45) is 0 Å². The Morgan fingerprint density at radius 3 is 2.86 bits per heavy atom. The lowest BCUT2D eigenvalue weighted by Crippen LogP contribution is -2.33. The fraction of sp³-hybridized carbons (Fsp3) is 0.250. The first-order valence-electron chi connectivity index (χ1n) is 6.76. The third-order valence-electron chi connectivity index (χ3n) is 3.59. The van der Waals surface area contributed by atoms with Crippen molar-refractivity contribution in [2.75, 3.05) is 18.1 Å². The molecule has 3 rings (SSSR count). The van der Waals surface area contributed by atoms with Crippen molar-refractivity contribution in [1.29, 1.82) is 0 Å². The second-order valence-electron chi connectivity index (χ2n) is 4.89. The molecule has 0 saturated carbocycles. The summed E-state index contributed by atoms with van der Waals surface area (Å²) in [6.45, 7) is 2.04. The standard InChI is InChI=1S/C16H15NO4/c1-11-13(7-9-20-11)16(19)21-10-15(18)17-8-6-12-4-2-3-5-14(12)17/h2-5,7,9H,6,8,10H2,1H3. The van der Waals surface area contributed by atoms with E-state index >= 15 is 0 Å². The van der Waals surface area contributed by atoms with Crippen molar-refractivity contribution in [1.82, 2.24) is 0 Å². The molecule has 0 atom stereocenters. The third kappa shape index (κ3) is 2.54. The van der Waals surface area contributed by atoms with Crippen LogP contribution < -0.4 is 4.90 Å². The lowest BCUT2D eigenvalue weighted by molar-refractivity contribution is -0.121. The van der Waals surface area contributed by atoms with E-state index in [4.69, 9.17) is 9.15 Å². The number of aryl methyl sites for hydroxylation is 1. The minimum absolute atomic E-state index is 0.213. The van der Waals surface area contributed by atoms with E-state index in [1.165, 1.54) is 12.3 Å². The first-order chi connectivity index (χ1) is 10.2. The number of amides is 1. The number of ether oxygens (including phenoxy) is 1. The monoisotopic (exact) mass is 285 g/mol. The number of anilines is 1. The lowest BCUT2D eigenvalue weighted by Gasteiger charge is -2.17. The molecule has 1 aromatic carbocycles. The quantitative estimate of drug-likeness (QED) is 0.812. The summed E-state index contributed by atoms with van der Waals surface area (Å²) in [5.41, 5.74) is 2.39. The summed E-state index contributed by atoms with van der Waals surface area (Å²) in [5, 5.41) is 0. The fourth-order valence-corrected chi connectivity index (χ4v) is 2.48. The molecule has 0 N–H and O–H groups in total. The Hall–Kier alpha value is -2.56. The van der Waals surface area contributed by atoms with Crippen LogP contribution in [0.2, 0.25) is 0 Å². The average molecular weight is 285 g/mol. The minimum atomic E-state index is -0.540. The molecule has 1 amide bonds. The van der Waals surface area contributed by atoms with Crippen LogP contribution in [0.3, 0.4) is 0 Å². The Balaban J connectivity index is 1.63. The second-order valence-corrected chi connectivity index (χ2v) is 4.89. The van der Waals surface area contributed by atoms with Gasteiger partial charge in [0.2, 0.25) is 0 Å². The largest absolute Gasteiger partial charge is 0.469 e. The van der Waals surface area contributed by atoms with Gasteiger partial charge in [0, 0.05) is 12.2 Å². The Morgan fingerprint density at radius 1 is 1.29 bits per heavy atom. The lowest BCUT2D eigenvalue weighted by atomic mass is 10.2. The predicted molar refractivity (Wildman–Crippen MR) is 76.2 cm³/mol. The zero-order valence-corrected chi connectivity index (χ0v) is 11.7. The summed E-state index contributed by atoms with van der Waals surface area (Å²) in [5.74, 6) is -0.268. The molecule has 0 fully saturated rings. The Bertz CT molecular complexity index is 689. The summed E-state index contributed by atoms with van der Waals surface area (Å²) in [6, 6.07) is 9.29. The highest BCUT2D eigenvalue weighted by molar-refractivity contribution is 5.98. The zero-order chi connectivity index (χ0) is 14.8. The number of carbonyl (C=O) groups excluding carboxylic acids is 2. The molecule has 1 aromatic heterocycles.